The molecule has 4 heteroatoms. The molecule has 1 amide bonds. The van der Waals surface area contributed by atoms with Crippen LogP contribution < -0.4 is 5.32 Å². The summed E-state index contributed by atoms with van der Waals surface area (Å²) in [7, 11) is 0. The Labute approximate surface area is 109 Å². The molecule has 1 aliphatic heterocycles. The van der Waals surface area contributed by atoms with Crippen LogP contribution in [0.5, 0.6) is 0 Å². The Balaban J connectivity index is 1.61. The zero-order valence-corrected chi connectivity index (χ0v) is 11.4. The zero-order valence-electron chi connectivity index (χ0n) is 10.6. The van der Waals surface area contributed by atoms with Crippen LogP contribution in [0.3, 0.4) is 0 Å². The van der Waals surface area contributed by atoms with Gasteiger partial charge in [0.25, 0.3) is 0 Å². The Bertz CT molecular complexity index is 234. The van der Waals surface area contributed by atoms with Gasteiger partial charge in [-0.3, -0.25) is 4.79 Å². The van der Waals surface area contributed by atoms with E-state index in [1.165, 1.54) is 31.4 Å². The lowest BCUT2D eigenvalue weighted by Crippen LogP contribution is -2.35. The molecule has 3 nitrogen and oxygen atoms in total. The third-order valence-electron chi connectivity index (χ3n) is 3.75. The summed E-state index contributed by atoms with van der Waals surface area (Å²) in [5.41, 5.74) is 0. The molecule has 0 spiro atoms. The Hall–Kier alpha value is -0.220. The highest BCUT2D eigenvalue weighted by Crippen LogP contribution is 2.27. The fourth-order valence-corrected chi connectivity index (χ4v) is 3.82. The van der Waals surface area contributed by atoms with Crippen molar-refractivity contribution >= 4 is 17.7 Å². The second-order valence-electron chi connectivity index (χ2n) is 5.15. The average molecular weight is 256 g/mol. The molecule has 2 rings (SSSR count). The largest absolute Gasteiger partial charge is 0.341 e. The summed E-state index contributed by atoms with van der Waals surface area (Å²) in [5, 5.41) is 3.33. The van der Waals surface area contributed by atoms with Crippen molar-refractivity contribution in [2.24, 2.45) is 5.92 Å². The summed E-state index contributed by atoms with van der Waals surface area (Å²) < 4.78 is 0. The minimum atomic E-state index is 0.344. The molecular formula is C13H24N2OS. The molecule has 0 aromatic carbocycles. The summed E-state index contributed by atoms with van der Waals surface area (Å²) in [5.74, 6) is 3.12. The van der Waals surface area contributed by atoms with Crippen molar-refractivity contribution in [3.05, 3.63) is 0 Å². The summed E-state index contributed by atoms with van der Waals surface area (Å²) in [6.07, 6.45) is 6.66. The minimum Gasteiger partial charge on any atom is -0.341 e. The van der Waals surface area contributed by atoms with Crippen molar-refractivity contribution in [3.8, 4) is 0 Å². The topological polar surface area (TPSA) is 32.3 Å². The lowest BCUT2D eigenvalue weighted by molar-refractivity contribution is -0.128. The van der Waals surface area contributed by atoms with E-state index in [1.807, 2.05) is 16.7 Å². The van der Waals surface area contributed by atoms with Crippen molar-refractivity contribution in [2.45, 2.75) is 32.1 Å². The predicted molar refractivity (Wildman–Crippen MR) is 73.3 cm³/mol. The Kier molecular flexibility index (Phi) is 5.65. The summed E-state index contributed by atoms with van der Waals surface area (Å²) in [6, 6.07) is 0. The highest BCUT2D eigenvalue weighted by molar-refractivity contribution is 7.99. The van der Waals surface area contributed by atoms with Crippen LogP contribution in [-0.4, -0.2) is 48.5 Å². The third-order valence-corrected chi connectivity index (χ3v) is 4.90. The maximum atomic E-state index is 12.0. The molecule has 1 saturated heterocycles. The van der Waals surface area contributed by atoms with Crippen LogP contribution in [0.4, 0.5) is 0 Å². The zero-order chi connectivity index (χ0) is 11.9. The van der Waals surface area contributed by atoms with Crippen LogP contribution in [0, 0.1) is 5.92 Å². The molecule has 0 atom stereocenters. The van der Waals surface area contributed by atoms with E-state index < -0.39 is 0 Å². The molecule has 0 bridgehead atoms. The van der Waals surface area contributed by atoms with Gasteiger partial charge in [0.2, 0.25) is 5.91 Å². The van der Waals surface area contributed by atoms with Gasteiger partial charge < -0.3 is 10.2 Å². The first-order chi connectivity index (χ1) is 8.36. The monoisotopic (exact) mass is 256 g/mol. The van der Waals surface area contributed by atoms with Crippen molar-refractivity contribution in [2.75, 3.05) is 37.7 Å². The first kappa shape index (κ1) is 13.2. The maximum absolute atomic E-state index is 12.0. The van der Waals surface area contributed by atoms with Gasteiger partial charge in [0.05, 0.1) is 5.75 Å². The van der Waals surface area contributed by atoms with Gasteiger partial charge in [0.15, 0.2) is 0 Å². The SMILES string of the molecule is O=C(CSCC1CCCC1)N1CCCNCC1. The van der Waals surface area contributed by atoms with Crippen molar-refractivity contribution in [1.82, 2.24) is 10.2 Å². The predicted octanol–water partition coefficient (Wildman–Crippen LogP) is 1.73. The first-order valence-electron chi connectivity index (χ1n) is 6.92. The number of hydrogen-bond acceptors (Lipinski definition) is 3. The van der Waals surface area contributed by atoms with E-state index >= 15 is 0 Å². The molecule has 0 radical (unpaired) electrons. The highest BCUT2D eigenvalue weighted by Gasteiger charge is 2.18. The number of amides is 1. The number of hydrogen-bond donors (Lipinski definition) is 1. The molecule has 0 aromatic rings. The van der Waals surface area contributed by atoms with E-state index in [0.29, 0.717) is 11.7 Å². The minimum absolute atomic E-state index is 0.344. The highest BCUT2D eigenvalue weighted by atomic mass is 32.2. The maximum Gasteiger partial charge on any atom is 0.232 e. The van der Waals surface area contributed by atoms with Crippen molar-refractivity contribution in [1.29, 1.82) is 0 Å². The van der Waals surface area contributed by atoms with Gasteiger partial charge in [0, 0.05) is 19.6 Å². The van der Waals surface area contributed by atoms with E-state index in [4.69, 9.17) is 0 Å². The Morgan fingerprint density at radius 3 is 2.82 bits per heavy atom. The molecule has 1 N–H and O–H groups in total. The van der Waals surface area contributed by atoms with Gasteiger partial charge >= 0.3 is 0 Å². The van der Waals surface area contributed by atoms with Crippen LogP contribution in [0.1, 0.15) is 32.1 Å². The van der Waals surface area contributed by atoms with Gasteiger partial charge in [-0.25, -0.2) is 0 Å². The molecule has 1 heterocycles. The number of carbonyl (C=O) groups excluding carboxylic acids is 1. The Morgan fingerprint density at radius 2 is 2.00 bits per heavy atom. The van der Waals surface area contributed by atoms with Gasteiger partial charge in [-0.1, -0.05) is 12.8 Å². The number of thioether (sulfide) groups is 1. The van der Waals surface area contributed by atoms with Crippen LogP contribution >= 0.6 is 11.8 Å². The Morgan fingerprint density at radius 1 is 1.18 bits per heavy atom. The lowest BCUT2D eigenvalue weighted by Gasteiger charge is -2.20. The third kappa shape index (κ3) is 4.51. The molecule has 1 saturated carbocycles. The number of rotatable bonds is 4. The summed E-state index contributed by atoms with van der Waals surface area (Å²) >= 11 is 1.85. The molecule has 2 aliphatic rings. The molecule has 98 valence electrons. The molecule has 1 aliphatic carbocycles. The molecule has 0 aromatic heterocycles. The number of nitrogens with one attached hydrogen (secondary N) is 1. The quantitative estimate of drug-likeness (QED) is 0.831. The van der Waals surface area contributed by atoms with E-state index in [1.54, 1.807) is 0 Å². The summed E-state index contributed by atoms with van der Waals surface area (Å²) in [6.45, 7) is 3.84. The molecule has 0 unspecified atom stereocenters. The van der Waals surface area contributed by atoms with Gasteiger partial charge in [-0.15, -0.1) is 0 Å². The average Bonchev–Trinajstić information content (AvgIpc) is 2.69. The molecule has 2 fully saturated rings. The number of nitrogens with zero attached hydrogens (tertiary/aromatic N) is 1. The van der Waals surface area contributed by atoms with E-state index in [9.17, 15) is 4.79 Å². The molecular weight excluding hydrogens is 232 g/mol. The number of carbonyl (C=O) groups is 1. The van der Waals surface area contributed by atoms with Crippen LogP contribution in [0.25, 0.3) is 0 Å². The fourth-order valence-electron chi connectivity index (χ4n) is 2.68. The van der Waals surface area contributed by atoms with Crippen LogP contribution in [0.2, 0.25) is 0 Å². The van der Waals surface area contributed by atoms with Crippen molar-refractivity contribution in [3.63, 3.8) is 0 Å². The first-order valence-corrected chi connectivity index (χ1v) is 8.08. The molecule has 17 heavy (non-hydrogen) atoms. The van der Waals surface area contributed by atoms with E-state index in [2.05, 4.69) is 5.32 Å². The van der Waals surface area contributed by atoms with E-state index in [0.717, 1.165) is 38.5 Å². The fraction of sp³-hybridized carbons (Fsp3) is 0.923. The van der Waals surface area contributed by atoms with Crippen LogP contribution in [-0.2, 0) is 4.79 Å². The van der Waals surface area contributed by atoms with Gasteiger partial charge in [-0.05, 0) is 37.5 Å². The summed E-state index contributed by atoms with van der Waals surface area (Å²) in [4.78, 5) is 14.0. The van der Waals surface area contributed by atoms with E-state index in [-0.39, 0.29) is 0 Å². The van der Waals surface area contributed by atoms with Crippen LogP contribution in [0.15, 0.2) is 0 Å². The lowest BCUT2D eigenvalue weighted by atomic mass is 10.1. The second kappa shape index (κ2) is 7.27. The second-order valence-corrected chi connectivity index (χ2v) is 6.18. The van der Waals surface area contributed by atoms with Crippen molar-refractivity contribution < 1.29 is 4.79 Å². The smallest absolute Gasteiger partial charge is 0.232 e. The van der Waals surface area contributed by atoms with Gasteiger partial charge in [0.1, 0.15) is 0 Å². The van der Waals surface area contributed by atoms with Gasteiger partial charge in [-0.2, -0.15) is 11.8 Å². The standard InChI is InChI=1S/C13H24N2OS/c16-13(15-8-3-6-14-7-9-15)11-17-10-12-4-1-2-5-12/h12,14H,1-11H2. The normalized spacial score (nSPS) is 22.7.